The highest BCUT2D eigenvalue weighted by atomic mass is 35.5. The van der Waals surface area contributed by atoms with Gasteiger partial charge in [-0.2, -0.15) is 13.2 Å². The second kappa shape index (κ2) is 7.77. The highest BCUT2D eigenvalue weighted by Crippen LogP contribution is 2.40. The molecule has 2 aliphatic heterocycles. The molecule has 1 saturated heterocycles. The molecule has 2 aromatic rings. The van der Waals surface area contributed by atoms with Crippen LogP contribution in [0.15, 0.2) is 54.2 Å². The monoisotopic (exact) mass is 436 g/mol. The van der Waals surface area contributed by atoms with Gasteiger partial charge in [0.2, 0.25) is 0 Å². The van der Waals surface area contributed by atoms with Crippen molar-refractivity contribution in [3.63, 3.8) is 0 Å². The molecule has 9 heteroatoms. The van der Waals surface area contributed by atoms with Crippen LogP contribution in [0.5, 0.6) is 0 Å². The third-order valence-corrected chi connectivity index (χ3v) is 5.29. The fourth-order valence-corrected chi connectivity index (χ4v) is 3.79. The Hall–Kier alpha value is -2.84. The molecule has 2 aromatic carbocycles. The smallest absolute Gasteiger partial charge is 0.378 e. The SMILES string of the molecule is O=C1C(c2ccccc2)=C(N2CCOCC2)C(=O)N1c1ccc(Cl)c(C(F)(F)F)c1. The van der Waals surface area contributed by atoms with E-state index in [0.29, 0.717) is 31.9 Å². The molecule has 30 heavy (non-hydrogen) atoms. The van der Waals surface area contributed by atoms with Crippen molar-refractivity contribution < 1.29 is 27.5 Å². The highest BCUT2D eigenvalue weighted by Gasteiger charge is 2.43. The molecule has 0 saturated carbocycles. The van der Waals surface area contributed by atoms with Gasteiger partial charge in [0.1, 0.15) is 5.70 Å². The number of alkyl halides is 3. The second-order valence-corrected chi connectivity index (χ2v) is 7.20. The quantitative estimate of drug-likeness (QED) is 0.683. The first-order valence-corrected chi connectivity index (χ1v) is 9.55. The summed E-state index contributed by atoms with van der Waals surface area (Å²) < 4.78 is 45.3. The minimum atomic E-state index is -4.72. The summed E-state index contributed by atoms with van der Waals surface area (Å²) in [4.78, 5) is 29.1. The van der Waals surface area contributed by atoms with E-state index in [1.54, 1.807) is 35.2 Å². The number of rotatable bonds is 3. The third kappa shape index (κ3) is 3.57. The third-order valence-electron chi connectivity index (χ3n) is 4.96. The van der Waals surface area contributed by atoms with Crippen molar-refractivity contribution in [3.8, 4) is 0 Å². The highest BCUT2D eigenvalue weighted by molar-refractivity contribution is 6.45. The van der Waals surface area contributed by atoms with Gasteiger partial charge >= 0.3 is 6.18 Å². The maximum atomic E-state index is 13.3. The number of benzene rings is 2. The molecule has 0 radical (unpaired) electrons. The number of imide groups is 1. The average Bonchev–Trinajstić information content (AvgIpc) is 2.99. The van der Waals surface area contributed by atoms with Crippen LogP contribution in [0.4, 0.5) is 18.9 Å². The predicted molar refractivity (Wildman–Crippen MR) is 105 cm³/mol. The molecular formula is C21H16ClF3N2O3. The van der Waals surface area contributed by atoms with Crippen LogP contribution >= 0.6 is 11.6 Å². The Morgan fingerprint density at radius 3 is 2.23 bits per heavy atom. The van der Waals surface area contributed by atoms with Crippen LogP contribution in [0.1, 0.15) is 11.1 Å². The van der Waals surface area contributed by atoms with Gasteiger partial charge in [-0.15, -0.1) is 0 Å². The summed E-state index contributed by atoms with van der Waals surface area (Å²) in [6.07, 6.45) is -4.72. The van der Waals surface area contributed by atoms with E-state index in [-0.39, 0.29) is 17.0 Å². The number of anilines is 1. The number of hydrogen-bond acceptors (Lipinski definition) is 4. The molecular weight excluding hydrogens is 421 g/mol. The molecule has 0 N–H and O–H groups in total. The van der Waals surface area contributed by atoms with Gasteiger partial charge in [0, 0.05) is 13.1 Å². The average molecular weight is 437 g/mol. The number of hydrogen-bond donors (Lipinski definition) is 0. The number of morpholine rings is 1. The fraction of sp³-hybridized carbons (Fsp3) is 0.238. The molecule has 0 aromatic heterocycles. The first-order valence-electron chi connectivity index (χ1n) is 9.17. The van der Waals surface area contributed by atoms with Crippen molar-refractivity contribution in [1.82, 2.24) is 4.90 Å². The number of halogens is 4. The summed E-state index contributed by atoms with van der Waals surface area (Å²) in [6.45, 7) is 1.55. The molecule has 1 fully saturated rings. The molecule has 2 heterocycles. The molecule has 0 spiro atoms. The lowest BCUT2D eigenvalue weighted by Gasteiger charge is -2.29. The van der Waals surface area contributed by atoms with Crippen molar-refractivity contribution >= 4 is 34.7 Å². The molecule has 0 atom stereocenters. The summed E-state index contributed by atoms with van der Waals surface area (Å²) in [5.41, 5.74) is -0.448. The second-order valence-electron chi connectivity index (χ2n) is 6.80. The summed E-state index contributed by atoms with van der Waals surface area (Å²) >= 11 is 5.69. The molecule has 5 nitrogen and oxygen atoms in total. The van der Waals surface area contributed by atoms with Gasteiger partial charge in [0.15, 0.2) is 0 Å². The van der Waals surface area contributed by atoms with E-state index in [1.807, 2.05) is 0 Å². The Labute approximate surface area is 175 Å². The van der Waals surface area contributed by atoms with Crippen LogP contribution in [0.2, 0.25) is 5.02 Å². The van der Waals surface area contributed by atoms with Gasteiger partial charge in [-0.3, -0.25) is 9.59 Å². The number of carbonyl (C=O) groups is 2. The maximum Gasteiger partial charge on any atom is 0.417 e. The summed E-state index contributed by atoms with van der Waals surface area (Å²) in [5, 5.41) is -0.505. The van der Waals surface area contributed by atoms with E-state index >= 15 is 0 Å². The normalized spacial score (nSPS) is 17.9. The van der Waals surface area contributed by atoms with Gasteiger partial charge in [-0.05, 0) is 23.8 Å². The van der Waals surface area contributed by atoms with Gasteiger partial charge in [0.05, 0.1) is 35.1 Å². The zero-order chi connectivity index (χ0) is 21.5. The summed E-state index contributed by atoms with van der Waals surface area (Å²) in [7, 11) is 0. The van der Waals surface area contributed by atoms with Crippen molar-refractivity contribution in [1.29, 1.82) is 0 Å². The lowest BCUT2D eigenvalue weighted by molar-refractivity contribution is -0.137. The van der Waals surface area contributed by atoms with Crippen molar-refractivity contribution in [2.45, 2.75) is 6.18 Å². The van der Waals surface area contributed by atoms with Gasteiger partial charge in [-0.1, -0.05) is 41.9 Å². The van der Waals surface area contributed by atoms with E-state index in [9.17, 15) is 22.8 Å². The summed E-state index contributed by atoms with van der Waals surface area (Å²) in [5.74, 6) is -1.35. The maximum absolute atomic E-state index is 13.3. The van der Waals surface area contributed by atoms with Crippen LogP contribution in [-0.2, 0) is 20.5 Å². The van der Waals surface area contributed by atoms with Crippen LogP contribution in [-0.4, -0.2) is 43.0 Å². The largest absolute Gasteiger partial charge is 0.417 e. The summed E-state index contributed by atoms with van der Waals surface area (Å²) in [6, 6.07) is 11.6. The van der Waals surface area contributed by atoms with E-state index < -0.39 is 28.6 Å². The number of amides is 2. The van der Waals surface area contributed by atoms with Gasteiger partial charge in [0.25, 0.3) is 11.8 Å². The van der Waals surface area contributed by atoms with E-state index in [4.69, 9.17) is 16.3 Å². The van der Waals surface area contributed by atoms with Gasteiger partial charge in [-0.25, -0.2) is 4.90 Å². The zero-order valence-corrected chi connectivity index (χ0v) is 16.3. The number of ether oxygens (including phenoxy) is 1. The van der Waals surface area contributed by atoms with Crippen LogP contribution in [0.25, 0.3) is 5.57 Å². The lowest BCUT2D eigenvalue weighted by atomic mass is 10.0. The minimum absolute atomic E-state index is 0.158. The van der Waals surface area contributed by atoms with Crippen LogP contribution in [0, 0.1) is 0 Å². The van der Waals surface area contributed by atoms with E-state index in [0.717, 1.165) is 17.0 Å². The Morgan fingerprint density at radius 1 is 0.933 bits per heavy atom. The van der Waals surface area contributed by atoms with Crippen molar-refractivity contribution in [3.05, 3.63) is 70.4 Å². The number of carbonyl (C=O) groups excluding carboxylic acids is 2. The topological polar surface area (TPSA) is 49.9 Å². The molecule has 2 amide bonds. The van der Waals surface area contributed by atoms with Crippen molar-refractivity contribution in [2.24, 2.45) is 0 Å². The minimum Gasteiger partial charge on any atom is -0.378 e. The van der Waals surface area contributed by atoms with Gasteiger partial charge < -0.3 is 9.64 Å². The molecule has 4 rings (SSSR count). The standard InChI is InChI=1S/C21H16ClF3N2O3/c22-16-7-6-14(12-15(16)21(23,24)25)27-19(28)17(13-4-2-1-3-5-13)18(20(27)29)26-8-10-30-11-9-26/h1-7,12H,8-11H2. The Morgan fingerprint density at radius 2 is 1.60 bits per heavy atom. The first kappa shape index (κ1) is 20.4. The fourth-order valence-electron chi connectivity index (χ4n) is 3.57. The van der Waals surface area contributed by atoms with E-state index in [1.165, 1.54) is 6.07 Å². The Balaban J connectivity index is 1.82. The molecule has 0 unspecified atom stereocenters. The van der Waals surface area contributed by atoms with E-state index in [2.05, 4.69) is 0 Å². The molecule has 2 aliphatic rings. The first-order chi connectivity index (χ1) is 14.3. The molecule has 156 valence electrons. The van der Waals surface area contributed by atoms with Crippen LogP contribution in [0.3, 0.4) is 0 Å². The Kier molecular flexibility index (Phi) is 5.29. The Bertz CT molecular complexity index is 1030. The predicted octanol–water partition coefficient (Wildman–Crippen LogP) is 3.98. The number of nitrogens with zero attached hydrogens (tertiary/aromatic N) is 2. The van der Waals surface area contributed by atoms with Crippen LogP contribution < -0.4 is 4.90 Å². The molecule has 0 bridgehead atoms. The molecule has 0 aliphatic carbocycles. The lowest BCUT2D eigenvalue weighted by Crippen LogP contribution is -2.40. The zero-order valence-electron chi connectivity index (χ0n) is 15.6. The van der Waals surface area contributed by atoms with Crippen molar-refractivity contribution in [2.75, 3.05) is 31.2 Å².